The minimum atomic E-state index is -4.41. The summed E-state index contributed by atoms with van der Waals surface area (Å²) < 4.78 is 44.9. The van der Waals surface area contributed by atoms with Gasteiger partial charge in [0.1, 0.15) is 5.76 Å². The summed E-state index contributed by atoms with van der Waals surface area (Å²) in [6.07, 6.45) is -2.85. The maximum absolute atomic E-state index is 12.6. The normalized spacial score (nSPS) is 12.8. The highest BCUT2D eigenvalue weighted by Crippen LogP contribution is 2.31. The molecule has 0 spiro atoms. The molecule has 1 N–H and O–H groups in total. The second kappa shape index (κ2) is 7.70. The van der Waals surface area contributed by atoms with Gasteiger partial charge < -0.3 is 14.3 Å². The summed E-state index contributed by atoms with van der Waals surface area (Å²) in [6.45, 7) is 3.50. The van der Waals surface area contributed by atoms with E-state index < -0.39 is 17.0 Å². The van der Waals surface area contributed by atoms with Gasteiger partial charge >= 0.3 is 6.18 Å². The number of amides is 1. The Morgan fingerprint density at radius 1 is 1.21 bits per heavy atom. The molecule has 0 saturated carbocycles. The standard InChI is InChI=1S/C18H17F3N4O2S/c1-10-14(8-9-27-10)15-23-24-17(25(15)3)28-11(2)16(26)22-13-6-4-12(5-7-13)18(19,20)21/h4-9,11H,1-3H3,(H,22,26)/t11-/m0/s1. The lowest BCUT2D eigenvalue weighted by atomic mass is 10.2. The summed E-state index contributed by atoms with van der Waals surface area (Å²) in [7, 11) is 1.78. The number of furan rings is 1. The van der Waals surface area contributed by atoms with Crippen LogP contribution in [0.3, 0.4) is 0 Å². The van der Waals surface area contributed by atoms with Gasteiger partial charge in [-0.15, -0.1) is 10.2 Å². The number of thioether (sulfide) groups is 1. The van der Waals surface area contributed by atoms with Crippen LogP contribution in [0.2, 0.25) is 0 Å². The van der Waals surface area contributed by atoms with E-state index in [1.807, 2.05) is 6.92 Å². The number of hydrogen-bond acceptors (Lipinski definition) is 5. The number of carbonyl (C=O) groups excluding carboxylic acids is 1. The Morgan fingerprint density at radius 2 is 1.89 bits per heavy atom. The molecule has 3 rings (SSSR count). The van der Waals surface area contributed by atoms with Gasteiger partial charge in [-0.25, -0.2) is 0 Å². The maximum atomic E-state index is 12.6. The number of alkyl halides is 3. The largest absolute Gasteiger partial charge is 0.469 e. The van der Waals surface area contributed by atoms with Gasteiger partial charge in [0.15, 0.2) is 11.0 Å². The van der Waals surface area contributed by atoms with Crippen molar-refractivity contribution in [3.63, 3.8) is 0 Å². The van der Waals surface area contributed by atoms with Crippen molar-refractivity contribution >= 4 is 23.4 Å². The van der Waals surface area contributed by atoms with Crippen molar-refractivity contribution < 1.29 is 22.4 Å². The first-order chi connectivity index (χ1) is 13.2. The predicted octanol–water partition coefficient (Wildman–Crippen LogP) is 4.52. The molecule has 148 valence electrons. The highest BCUT2D eigenvalue weighted by Gasteiger charge is 2.30. The number of aromatic nitrogens is 3. The van der Waals surface area contributed by atoms with E-state index in [9.17, 15) is 18.0 Å². The number of halogens is 3. The summed E-state index contributed by atoms with van der Waals surface area (Å²) in [5.74, 6) is 0.970. The molecule has 0 aliphatic heterocycles. The van der Waals surface area contributed by atoms with Crippen molar-refractivity contribution in [2.45, 2.75) is 30.4 Å². The molecule has 0 saturated heterocycles. The fourth-order valence-corrected chi connectivity index (χ4v) is 3.28. The predicted molar refractivity (Wildman–Crippen MR) is 98.8 cm³/mol. The van der Waals surface area contributed by atoms with Crippen LogP contribution in [-0.2, 0) is 18.0 Å². The Kier molecular flexibility index (Phi) is 5.50. The van der Waals surface area contributed by atoms with Crippen LogP contribution < -0.4 is 5.32 Å². The number of rotatable bonds is 5. The highest BCUT2D eigenvalue weighted by atomic mass is 32.2. The van der Waals surface area contributed by atoms with Crippen LogP contribution in [0.1, 0.15) is 18.2 Å². The van der Waals surface area contributed by atoms with Crippen molar-refractivity contribution in [2.75, 3.05) is 5.32 Å². The first kappa shape index (κ1) is 20.0. The minimum absolute atomic E-state index is 0.290. The first-order valence-corrected chi connectivity index (χ1v) is 9.13. The summed E-state index contributed by atoms with van der Waals surface area (Å²) in [6, 6.07) is 6.08. The van der Waals surface area contributed by atoms with Crippen LogP contribution in [0.25, 0.3) is 11.4 Å². The number of nitrogens with one attached hydrogen (secondary N) is 1. The quantitative estimate of drug-likeness (QED) is 0.626. The van der Waals surface area contributed by atoms with E-state index in [2.05, 4.69) is 15.5 Å². The van der Waals surface area contributed by atoms with Gasteiger partial charge in [0.2, 0.25) is 5.91 Å². The zero-order chi connectivity index (χ0) is 20.5. The second-order valence-electron chi connectivity index (χ2n) is 6.08. The van der Waals surface area contributed by atoms with Gasteiger partial charge in [-0.2, -0.15) is 13.2 Å². The smallest absolute Gasteiger partial charge is 0.416 e. The van der Waals surface area contributed by atoms with E-state index in [4.69, 9.17) is 4.42 Å². The summed E-state index contributed by atoms with van der Waals surface area (Å²) in [5.41, 5.74) is 0.330. The summed E-state index contributed by atoms with van der Waals surface area (Å²) in [4.78, 5) is 12.4. The molecule has 2 heterocycles. The van der Waals surface area contributed by atoms with Crippen molar-refractivity contribution in [3.8, 4) is 11.4 Å². The van der Waals surface area contributed by atoms with Crippen LogP contribution >= 0.6 is 11.8 Å². The van der Waals surface area contributed by atoms with Gasteiger partial charge in [0, 0.05) is 12.7 Å². The Morgan fingerprint density at radius 3 is 2.46 bits per heavy atom. The third kappa shape index (κ3) is 4.22. The minimum Gasteiger partial charge on any atom is -0.469 e. The third-order valence-corrected chi connectivity index (χ3v) is 5.20. The zero-order valence-electron chi connectivity index (χ0n) is 15.2. The molecule has 1 amide bonds. The summed E-state index contributed by atoms with van der Waals surface area (Å²) in [5, 5.41) is 10.9. The maximum Gasteiger partial charge on any atom is 0.416 e. The fraction of sp³-hybridized carbons (Fsp3) is 0.278. The molecule has 0 aliphatic rings. The molecule has 0 fully saturated rings. The molecule has 3 aromatic rings. The van der Waals surface area contributed by atoms with Crippen molar-refractivity contribution in [2.24, 2.45) is 7.05 Å². The summed E-state index contributed by atoms with van der Waals surface area (Å²) >= 11 is 1.20. The SMILES string of the molecule is Cc1occc1-c1nnc(S[C@@H](C)C(=O)Nc2ccc(C(F)(F)F)cc2)n1C. The van der Waals surface area contributed by atoms with Gasteiger partial charge in [-0.3, -0.25) is 4.79 Å². The van der Waals surface area contributed by atoms with Gasteiger partial charge in [0.25, 0.3) is 0 Å². The van der Waals surface area contributed by atoms with Crippen molar-refractivity contribution in [3.05, 3.63) is 47.9 Å². The lowest BCUT2D eigenvalue weighted by molar-refractivity contribution is -0.137. The number of anilines is 1. The van der Waals surface area contributed by atoms with Crippen LogP contribution in [0.15, 0.2) is 46.2 Å². The monoisotopic (exact) mass is 410 g/mol. The topological polar surface area (TPSA) is 72.9 Å². The Labute approximate surface area is 163 Å². The Hall–Kier alpha value is -2.75. The molecule has 28 heavy (non-hydrogen) atoms. The van der Waals surface area contributed by atoms with E-state index in [1.54, 1.807) is 30.9 Å². The van der Waals surface area contributed by atoms with E-state index in [-0.39, 0.29) is 11.6 Å². The lowest BCUT2D eigenvalue weighted by Gasteiger charge is -2.12. The average Bonchev–Trinajstić information content (AvgIpc) is 3.20. The molecular weight excluding hydrogens is 393 g/mol. The van der Waals surface area contributed by atoms with E-state index in [0.29, 0.717) is 16.7 Å². The van der Waals surface area contributed by atoms with Crippen LogP contribution in [0.4, 0.5) is 18.9 Å². The molecule has 10 heteroatoms. The van der Waals surface area contributed by atoms with E-state index in [0.717, 1.165) is 17.7 Å². The molecule has 0 bridgehead atoms. The van der Waals surface area contributed by atoms with Crippen molar-refractivity contribution in [1.82, 2.24) is 14.8 Å². The van der Waals surface area contributed by atoms with Gasteiger partial charge in [-0.05, 0) is 44.2 Å². The van der Waals surface area contributed by atoms with Gasteiger partial charge in [0.05, 0.1) is 22.6 Å². The van der Waals surface area contributed by atoms with Gasteiger partial charge in [-0.1, -0.05) is 11.8 Å². The average molecular weight is 410 g/mol. The molecule has 0 unspecified atom stereocenters. The van der Waals surface area contributed by atoms with E-state index in [1.165, 1.54) is 23.9 Å². The molecular formula is C18H17F3N4O2S. The second-order valence-corrected chi connectivity index (χ2v) is 7.39. The molecule has 0 aliphatic carbocycles. The first-order valence-electron chi connectivity index (χ1n) is 8.25. The molecule has 0 radical (unpaired) electrons. The van der Waals surface area contributed by atoms with Crippen LogP contribution in [0, 0.1) is 6.92 Å². The molecule has 6 nitrogen and oxygen atoms in total. The fourth-order valence-electron chi connectivity index (χ4n) is 2.47. The van der Waals surface area contributed by atoms with Crippen molar-refractivity contribution in [1.29, 1.82) is 0 Å². The highest BCUT2D eigenvalue weighted by molar-refractivity contribution is 8.00. The molecule has 2 aromatic heterocycles. The number of benzene rings is 1. The lowest BCUT2D eigenvalue weighted by Crippen LogP contribution is -2.23. The molecule has 1 aromatic carbocycles. The third-order valence-electron chi connectivity index (χ3n) is 4.07. The van der Waals surface area contributed by atoms with Crippen LogP contribution in [-0.4, -0.2) is 25.9 Å². The number of aryl methyl sites for hydroxylation is 1. The van der Waals surface area contributed by atoms with Crippen LogP contribution in [0.5, 0.6) is 0 Å². The van der Waals surface area contributed by atoms with E-state index >= 15 is 0 Å². The number of carbonyl (C=O) groups is 1. The molecule has 1 atom stereocenters. The number of hydrogen-bond donors (Lipinski definition) is 1. The Bertz CT molecular complexity index is 980. The zero-order valence-corrected chi connectivity index (χ0v) is 16.1. The Balaban J connectivity index is 1.66. The number of nitrogens with zero attached hydrogens (tertiary/aromatic N) is 3.